The molecule has 4 rings (SSSR count). The molecule has 0 bridgehead atoms. The number of nitro groups is 1. The molecule has 184 valence electrons. The Balaban J connectivity index is 1.47. The largest absolute Gasteiger partial charge is 0.573 e. The Hall–Kier alpha value is -3.15. The second kappa shape index (κ2) is 10.00. The molecule has 1 saturated carbocycles. The summed E-state index contributed by atoms with van der Waals surface area (Å²) in [4.78, 5) is 21.8. The zero-order chi connectivity index (χ0) is 24.3. The van der Waals surface area contributed by atoms with E-state index in [-0.39, 0.29) is 46.9 Å². The van der Waals surface area contributed by atoms with Crippen LogP contribution in [0.1, 0.15) is 43.4 Å². The quantitative estimate of drug-likeness (QED) is 0.424. The molecular weight excluding hydrogens is 453 g/mol. The maximum atomic E-state index is 12.7. The van der Waals surface area contributed by atoms with Crippen LogP contribution in [0.25, 0.3) is 0 Å². The Morgan fingerprint density at radius 1 is 1.18 bits per heavy atom. The lowest BCUT2D eigenvalue weighted by Gasteiger charge is -2.42. The number of nitrogens with zero attached hydrogens (tertiary/aromatic N) is 4. The van der Waals surface area contributed by atoms with E-state index in [9.17, 15) is 23.3 Å². The van der Waals surface area contributed by atoms with E-state index in [0.29, 0.717) is 12.5 Å². The van der Waals surface area contributed by atoms with E-state index < -0.39 is 11.3 Å². The van der Waals surface area contributed by atoms with Crippen molar-refractivity contribution in [3.8, 4) is 5.75 Å². The summed E-state index contributed by atoms with van der Waals surface area (Å²) < 4.78 is 42.1. The second-order valence-electron chi connectivity index (χ2n) is 8.76. The number of benzene rings is 1. The van der Waals surface area contributed by atoms with Crippen LogP contribution in [0.4, 0.5) is 30.6 Å². The Labute approximate surface area is 194 Å². The van der Waals surface area contributed by atoms with Crippen molar-refractivity contribution in [1.29, 1.82) is 0 Å². The lowest BCUT2D eigenvalue weighted by atomic mass is 9.82. The minimum absolute atomic E-state index is 0.0224. The van der Waals surface area contributed by atoms with Gasteiger partial charge in [-0.1, -0.05) is 18.2 Å². The molecule has 1 aliphatic heterocycles. The summed E-state index contributed by atoms with van der Waals surface area (Å²) in [5.74, 6) is -0.350. The van der Waals surface area contributed by atoms with Gasteiger partial charge in [-0.3, -0.25) is 10.1 Å². The van der Waals surface area contributed by atoms with E-state index in [2.05, 4.69) is 24.9 Å². The van der Waals surface area contributed by atoms with Crippen molar-refractivity contribution < 1.29 is 22.8 Å². The third-order valence-electron chi connectivity index (χ3n) is 6.51. The number of nitrogens with one attached hydrogen (secondary N) is 1. The Kier molecular flexibility index (Phi) is 7.05. The predicted octanol–water partition coefficient (Wildman–Crippen LogP) is 4.28. The van der Waals surface area contributed by atoms with Crippen molar-refractivity contribution >= 4 is 17.5 Å². The second-order valence-corrected chi connectivity index (χ2v) is 8.76. The van der Waals surface area contributed by atoms with Crippen LogP contribution in [0.5, 0.6) is 5.75 Å². The third-order valence-corrected chi connectivity index (χ3v) is 6.51. The number of aromatic nitrogens is 2. The monoisotopic (exact) mass is 480 g/mol. The van der Waals surface area contributed by atoms with Crippen molar-refractivity contribution in [2.75, 3.05) is 24.1 Å². The molecule has 0 amide bonds. The summed E-state index contributed by atoms with van der Waals surface area (Å²) in [7, 11) is 0. The summed E-state index contributed by atoms with van der Waals surface area (Å²) >= 11 is 0. The molecule has 2 heterocycles. The number of nitrogens with two attached hydrogens (primary N) is 1. The third kappa shape index (κ3) is 5.85. The molecule has 1 aromatic heterocycles. The molecule has 2 aromatic rings. The highest BCUT2D eigenvalue weighted by Gasteiger charge is 2.33. The van der Waals surface area contributed by atoms with Crippen LogP contribution < -0.4 is 15.8 Å². The van der Waals surface area contributed by atoms with E-state index in [4.69, 9.17) is 5.73 Å². The van der Waals surface area contributed by atoms with Crippen LogP contribution in [0, 0.1) is 16.0 Å². The molecule has 1 saturated heterocycles. The average molecular weight is 480 g/mol. The maximum Gasteiger partial charge on any atom is 0.573 e. The number of hydrogen-bond acceptors (Lipinski definition) is 8. The van der Waals surface area contributed by atoms with Crippen LogP contribution >= 0.6 is 0 Å². The van der Waals surface area contributed by atoms with E-state index in [0.717, 1.165) is 38.8 Å². The highest BCUT2D eigenvalue weighted by molar-refractivity contribution is 5.58. The first kappa shape index (κ1) is 24.0. The van der Waals surface area contributed by atoms with Crippen LogP contribution in [0.2, 0.25) is 0 Å². The highest BCUT2D eigenvalue weighted by atomic mass is 19.4. The van der Waals surface area contributed by atoms with Gasteiger partial charge in [0.05, 0.1) is 4.92 Å². The number of likely N-dealkylation sites (tertiary alicyclic amines) is 1. The van der Waals surface area contributed by atoms with Gasteiger partial charge in [-0.2, -0.15) is 4.98 Å². The van der Waals surface area contributed by atoms with Crippen molar-refractivity contribution in [3.05, 3.63) is 45.6 Å². The summed E-state index contributed by atoms with van der Waals surface area (Å²) in [5, 5.41) is 14.5. The van der Waals surface area contributed by atoms with E-state index in [1.165, 1.54) is 24.6 Å². The molecule has 3 N–H and O–H groups in total. The van der Waals surface area contributed by atoms with Gasteiger partial charge in [0.1, 0.15) is 11.4 Å². The zero-order valence-corrected chi connectivity index (χ0v) is 18.6. The van der Waals surface area contributed by atoms with Crippen LogP contribution in [-0.4, -0.2) is 45.3 Å². The van der Waals surface area contributed by atoms with Gasteiger partial charge in [0.25, 0.3) is 0 Å². The number of para-hydroxylation sites is 1. The normalized spacial score (nSPS) is 21.0. The van der Waals surface area contributed by atoms with Crippen LogP contribution in [-0.2, 0) is 13.0 Å². The number of rotatable bonds is 8. The van der Waals surface area contributed by atoms with E-state index in [1.807, 2.05) is 0 Å². The smallest absolute Gasteiger partial charge is 0.405 e. The van der Waals surface area contributed by atoms with Crippen molar-refractivity contribution in [2.24, 2.45) is 5.92 Å². The first-order chi connectivity index (χ1) is 16.2. The standard InChI is InChI=1S/C22H27F3N6O3/c23-22(24,25)34-18-5-2-1-4-15(18)13-27-21-28-17(19(31(32)33)20(26)29-21)12-14-6-8-16(9-7-14)30-10-3-11-30/h1-2,4-5,14,16H,3,6-13H2,(H3,26,27,28,29). The highest BCUT2D eigenvalue weighted by Crippen LogP contribution is 2.35. The Morgan fingerprint density at radius 2 is 1.88 bits per heavy atom. The first-order valence-corrected chi connectivity index (χ1v) is 11.3. The minimum Gasteiger partial charge on any atom is -0.405 e. The number of alkyl halides is 3. The lowest BCUT2D eigenvalue weighted by Crippen LogP contribution is -2.46. The number of nitrogen functional groups attached to an aromatic ring is 1. The van der Waals surface area contributed by atoms with Gasteiger partial charge in [0.15, 0.2) is 0 Å². The van der Waals surface area contributed by atoms with E-state index in [1.54, 1.807) is 6.07 Å². The predicted molar refractivity (Wildman–Crippen MR) is 119 cm³/mol. The molecule has 2 fully saturated rings. The van der Waals surface area contributed by atoms with Gasteiger partial charge in [-0.15, -0.1) is 13.2 Å². The van der Waals surface area contributed by atoms with E-state index >= 15 is 0 Å². The first-order valence-electron chi connectivity index (χ1n) is 11.3. The SMILES string of the molecule is Nc1nc(NCc2ccccc2OC(F)(F)F)nc(CC2CCC(N3CCC3)CC2)c1[N+](=O)[O-]. The molecule has 0 unspecified atom stereocenters. The minimum atomic E-state index is -4.83. The molecule has 12 heteroatoms. The van der Waals surface area contributed by atoms with Gasteiger partial charge >= 0.3 is 12.0 Å². The van der Waals surface area contributed by atoms with Gasteiger partial charge in [0.2, 0.25) is 11.8 Å². The number of hydrogen-bond donors (Lipinski definition) is 2. The molecule has 0 radical (unpaired) electrons. The fraction of sp³-hybridized carbons (Fsp3) is 0.545. The zero-order valence-electron chi connectivity index (χ0n) is 18.6. The average Bonchev–Trinajstić information content (AvgIpc) is 2.71. The summed E-state index contributed by atoms with van der Waals surface area (Å²) in [6.45, 7) is 2.22. The van der Waals surface area contributed by atoms with Crippen LogP contribution in [0.3, 0.4) is 0 Å². The number of anilines is 2. The van der Waals surface area contributed by atoms with Crippen molar-refractivity contribution in [1.82, 2.24) is 14.9 Å². The molecular formula is C22H27F3N6O3. The molecule has 9 nitrogen and oxygen atoms in total. The van der Waals surface area contributed by atoms with Crippen molar-refractivity contribution in [2.45, 2.75) is 57.5 Å². The van der Waals surface area contributed by atoms with Crippen LogP contribution in [0.15, 0.2) is 24.3 Å². The van der Waals surface area contributed by atoms with Gasteiger partial charge < -0.3 is 20.7 Å². The molecule has 1 aliphatic carbocycles. The topological polar surface area (TPSA) is 119 Å². The Morgan fingerprint density at radius 3 is 2.50 bits per heavy atom. The van der Waals surface area contributed by atoms with Gasteiger partial charge in [-0.05, 0) is 63.6 Å². The van der Waals surface area contributed by atoms with Gasteiger partial charge in [-0.25, -0.2) is 4.98 Å². The van der Waals surface area contributed by atoms with Gasteiger partial charge in [0, 0.05) is 18.2 Å². The molecule has 34 heavy (non-hydrogen) atoms. The summed E-state index contributed by atoms with van der Waals surface area (Å²) in [6, 6.07) is 6.27. The fourth-order valence-electron chi connectivity index (χ4n) is 4.68. The molecule has 1 aromatic carbocycles. The lowest BCUT2D eigenvalue weighted by molar-refractivity contribution is -0.385. The Bertz CT molecular complexity index is 1020. The summed E-state index contributed by atoms with van der Waals surface area (Å²) in [6.07, 6.45) is 0.833. The number of halogens is 3. The molecule has 0 atom stereocenters. The molecule has 2 aliphatic rings. The molecule has 0 spiro atoms. The summed E-state index contributed by atoms with van der Waals surface area (Å²) in [5.41, 5.74) is 6.05. The fourth-order valence-corrected chi connectivity index (χ4v) is 4.68. The maximum absolute atomic E-state index is 12.7. The van der Waals surface area contributed by atoms with Crippen molar-refractivity contribution in [3.63, 3.8) is 0 Å². The number of ether oxygens (including phenoxy) is 1.